The van der Waals surface area contributed by atoms with Crippen molar-refractivity contribution in [3.05, 3.63) is 0 Å². The second-order valence-corrected chi connectivity index (χ2v) is 12.4. The molecule has 1 spiro atoms. The van der Waals surface area contributed by atoms with Crippen molar-refractivity contribution >= 4 is 0 Å². The lowest BCUT2D eigenvalue weighted by molar-refractivity contribution is -0.0942. The van der Waals surface area contributed by atoms with E-state index in [2.05, 4.69) is 23.6 Å². The Morgan fingerprint density at radius 1 is 1.00 bits per heavy atom. The van der Waals surface area contributed by atoms with Crippen LogP contribution >= 0.6 is 0 Å². The lowest BCUT2D eigenvalue weighted by Crippen LogP contribution is -2.61. The van der Waals surface area contributed by atoms with Gasteiger partial charge in [0.05, 0.1) is 13.2 Å². The molecule has 8 unspecified atom stereocenters. The number of likely N-dealkylation sites (tertiary alicyclic amines) is 2. The second-order valence-electron chi connectivity index (χ2n) is 12.4. The van der Waals surface area contributed by atoms with Gasteiger partial charge < -0.3 is 24.2 Å². The molecule has 6 nitrogen and oxygen atoms in total. The maximum Gasteiger partial charge on any atom is 0.184 e. The van der Waals surface area contributed by atoms with Gasteiger partial charge in [-0.15, -0.1) is 0 Å². The molecule has 5 aliphatic heterocycles. The van der Waals surface area contributed by atoms with E-state index >= 15 is 0 Å². The van der Waals surface area contributed by atoms with Crippen LogP contribution in [0.25, 0.3) is 0 Å². The summed E-state index contributed by atoms with van der Waals surface area (Å²) in [5.74, 6) is 2.41. The van der Waals surface area contributed by atoms with E-state index in [1.165, 1.54) is 77.7 Å². The Bertz CT molecular complexity index is 673. The van der Waals surface area contributed by atoms with Gasteiger partial charge in [-0.2, -0.15) is 0 Å². The topological polar surface area (TPSA) is 57.7 Å². The van der Waals surface area contributed by atoms with E-state index in [0.29, 0.717) is 29.3 Å². The summed E-state index contributed by atoms with van der Waals surface area (Å²) in [7, 11) is 0. The zero-order valence-electron chi connectivity index (χ0n) is 20.2. The van der Waals surface area contributed by atoms with Gasteiger partial charge in [0.1, 0.15) is 6.10 Å². The first kappa shape index (κ1) is 22.2. The van der Waals surface area contributed by atoms with Gasteiger partial charge in [0, 0.05) is 17.4 Å². The van der Waals surface area contributed by atoms with Crippen LogP contribution in [0.5, 0.6) is 0 Å². The molecule has 0 aromatic rings. The summed E-state index contributed by atoms with van der Waals surface area (Å²) < 4.78 is 17.2. The molecule has 0 aromatic heterocycles. The molecule has 182 valence electrons. The first-order chi connectivity index (χ1) is 15.5. The average Bonchev–Trinajstić information content (AvgIpc) is 3.52. The molecule has 6 rings (SSSR count). The summed E-state index contributed by atoms with van der Waals surface area (Å²) in [4.78, 5) is 5.47. The quantitative estimate of drug-likeness (QED) is 0.667. The van der Waals surface area contributed by atoms with Crippen LogP contribution in [0.15, 0.2) is 0 Å². The summed E-state index contributed by atoms with van der Waals surface area (Å²) in [6.45, 7) is 12.7. The lowest BCUT2D eigenvalue weighted by atomic mass is 9.69. The fraction of sp³-hybridized carbons (Fsp3) is 1.00. The van der Waals surface area contributed by atoms with Gasteiger partial charge in [0.25, 0.3) is 0 Å². The van der Waals surface area contributed by atoms with Crippen LogP contribution in [0, 0.1) is 29.1 Å². The minimum atomic E-state index is -0.485. The number of hydrogen-bond acceptors (Lipinski definition) is 6. The van der Waals surface area contributed by atoms with Crippen LogP contribution in [0.1, 0.15) is 65.2 Å². The third-order valence-corrected chi connectivity index (χ3v) is 10.8. The van der Waals surface area contributed by atoms with Crippen LogP contribution in [-0.2, 0) is 14.2 Å². The molecule has 6 fully saturated rings. The molecule has 5 heterocycles. The van der Waals surface area contributed by atoms with E-state index in [-0.39, 0.29) is 11.8 Å². The van der Waals surface area contributed by atoms with Gasteiger partial charge in [0.15, 0.2) is 12.6 Å². The third-order valence-electron chi connectivity index (χ3n) is 10.8. The standard InChI is InChI=1S/C26H44N2O4/c1-18-22-24(32-22)31-17-25(18,2)28-13-8-26(9-14-28)6-11-27(12-7-26)10-5-19-3-4-21-20(15-19)16-30-23(21)29/h18-24,29H,3-17H2,1-2H3. The largest absolute Gasteiger partial charge is 0.368 e. The summed E-state index contributed by atoms with van der Waals surface area (Å²) >= 11 is 0. The minimum Gasteiger partial charge on any atom is -0.368 e. The Balaban J connectivity index is 0.946. The van der Waals surface area contributed by atoms with Crippen molar-refractivity contribution in [1.82, 2.24) is 9.80 Å². The average molecular weight is 449 g/mol. The Morgan fingerprint density at radius 3 is 2.53 bits per heavy atom. The number of fused-ring (bicyclic) bond motifs is 2. The number of aliphatic hydroxyl groups excluding tert-OH is 1. The van der Waals surface area contributed by atoms with Crippen molar-refractivity contribution in [3.63, 3.8) is 0 Å². The van der Waals surface area contributed by atoms with Crippen molar-refractivity contribution < 1.29 is 19.3 Å². The predicted molar refractivity (Wildman–Crippen MR) is 122 cm³/mol. The molecule has 1 saturated carbocycles. The van der Waals surface area contributed by atoms with Gasteiger partial charge in [-0.3, -0.25) is 4.90 Å². The normalized spacial score (nSPS) is 49.0. The van der Waals surface area contributed by atoms with Crippen LogP contribution in [0.4, 0.5) is 0 Å². The van der Waals surface area contributed by atoms with E-state index in [9.17, 15) is 5.11 Å². The molecule has 0 bridgehead atoms. The van der Waals surface area contributed by atoms with Gasteiger partial charge in [-0.05, 0) is 108 Å². The smallest absolute Gasteiger partial charge is 0.184 e. The molecule has 5 saturated heterocycles. The van der Waals surface area contributed by atoms with Crippen molar-refractivity contribution in [2.75, 3.05) is 45.9 Å². The number of rotatable bonds is 4. The van der Waals surface area contributed by atoms with Crippen LogP contribution < -0.4 is 0 Å². The fourth-order valence-corrected chi connectivity index (χ4v) is 7.88. The van der Waals surface area contributed by atoms with E-state index in [1.54, 1.807) is 0 Å². The predicted octanol–water partition coefficient (Wildman–Crippen LogP) is 3.09. The fourth-order valence-electron chi connectivity index (χ4n) is 7.88. The zero-order valence-corrected chi connectivity index (χ0v) is 20.2. The van der Waals surface area contributed by atoms with E-state index < -0.39 is 6.29 Å². The molecule has 0 radical (unpaired) electrons. The van der Waals surface area contributed by atoms with E-state index in [1.807, 2.05) is 0 Å². The highest BCUT2D eigenvalue weighted by Crippen LogP contribution is 2.48. The van der Waals surface area contributed by atoms with Crippen molar-refractivity contribution in [3.8, 4) is 0 Å². The van der Waals surface area contributed by atoms with Crippen molar-refractivity contribution in [2.24, 2.45) is 29.1 Å². The summed E-state index contributed by atoms with van der Waals surface area (Å²) in [5.41, 5.74) is 0.718. The molecule has 1 aliphatic carbocycles. The number of piperidine rings is 2. The highest BCUT2D eigenvalue weighted by Gasteiger charge is 2.58. The Morgan fingerprint density at radius 2 is 1.75 bits per heavy atom. The molecular weight excluding hydrogens is 404 g/mol. The number of aliphatic hydroxyl groups is 1. The monoisotopic (exact) mass is 448 g/mol. The maximum absolute atomic E-state index is 9.95. The molecular formula is C26H44N2O4. The Labute approximate surface area is 193 Å². The van der Waals surface area contributed by atoms with Gasteiger partial charge in [-0.1, -0.05) is 6.92 Å². The first-order valence-electron chi connectivity index (χ1n) is 13.5. The van der Waals surface area contributed by atoms with E-state index in [0.717, 1.165) is 25.6 Å². The molecule has 0 amide bonds. The number of epoxide rings is 1. The Kier molecular flexibility index (Phi) is 5.88. The molecule has 32 heavy (non-hydrogen) atoms. The van der Waals surface area contributed by atoms with Gasteiger partial charge >= 0.3 is 0 Å². The molecule has 6 aliphatic rings. The second kappa shape index (κ2) is 8.46. The molecule has 8 atom stereocenters. The Hall–Kier alpha value is -0.240. The van der Waals surface area contributed by atoms with Crippen LogP contribution in [-0.4, -0.2) is 85.1 Å². The SMILES string of the molecule is CC1C2OC2OCC1(C)N1CCC2(CCN(CCC3CCC4C(COC4O)C3)CC2)CC1. The number of nitrogens with zero attached hydrogens (tertiary/aromatic N) is 2. The first-order valence-corrected chi connectivity index (χ1v) is 13.5. The molecule has 6 heteroatoms. The summed E-state index contributed by atoms with van der Waals surface area (Å²) in [5, 5.41) is 9.95. The van der Waals surface area contributed by atoms with Crippen molar-refractivity contribution in [1.29, 1.82) is 0 Å². The zero-order chi connectivity index (χ0) is 21.9. The number of ether oxygens (including phenoxy) is 3. The highest BCUT2D eigenvalue weighted by molar-refractivity contribution is 5.05. The van der Waals surface area contributed by atoms with Gasteiger partial charge in [0.2, 0.25) is 0 Å². The summed E-state index contributed by atoms with van der Waals surface area (Å²) in [6, 6.07) is 0. The third kappa shape index (κ3) is 3.97. The van der Waals surface area contributed by atoms with Crippen LogP contribution in [0.2, 0.25) is 0 Å². The van der Waals surface area contributed by atoms with Crippen LogP contribution in [0.3, 0.4) is 0 Å². The van der Waals surface area contributed by atoms with Gasteiger partial charge in [-0.25, -0.2) is 0 Å². The maximum atomic E-state index is 9.95. The molecule has 1 N–H and O–H groups in total. The minimum absolute atomic E-state index is 0.0895. The van der Waals surface area contributed by atoms with Crippen molar-refractivity contribution in [2.45, 2.75) is 89.4 Å². The lowest BCUT2D eigenvalue weighted by Gasteiger charge is -2.53. The van der Waals surface area contributed by atoms with E-state index in [4.69, 9.17) is 14.2 Å². The molecule has 0 aromatic carbocycles. The highest BCUT2D eigenvalue weighted by atomic mass is 16.8. The number of hydrogen-bond donors (Lipinski definition) is 1. The summed E-state index contributed by atoms with van der Waals surface area (Å²) in [6.07, 6.45) is 10.4.